The molecule has 4 fully saturated rings. The number of aliphatic hydroxyl groups is 1. The van der Waals surface area contributed by atoms with E-state index in [1.807, 2.05) is 65.7 Å². The molecule has 4 aliphatic heterocycles. The number of esters is 2. The number of likely N-dealkylation sites (N-methyl/N-ethyl adjacent to an activating group) is 1. The van der Waals surface area contributed by atoms with Crippen molar-refractivity contribution in [1.29, 1.82) is 0 Å². The topological polar surface area (TPSA) is 160 Å². The smallest absolute Gasteiger partial charge is 0.410 e. The Bertz CT molecular complexity index is 1620. The molecule has 0 spiro atoms. The number of carbonyl (C=O) groups is 4. The molecule has 0 aromatic heterocycles. The lowest BCUT2D eigenvalue weighted by atomic mass is 9.73. The second-order valence-corrected chi connectivity index (χ2v) is 18.4. The van der Waals surface area contributed by atoms with E-state index in [-0.39, 0.29) is 43.9 Å². The van der Waals surface area contributed by atoms with Crippen LogP contribution in [0.5, 0.6) is 0 Å². The van der Waals surface area contributed by atoms with Crippen molar-refractivity contribution in [2.45, 2.75) is 148 Å². The van der Waals surface area contributed by atoms with Gasteiger partial charge in [0.15, 0.2) is 11.9 Å². The third-order valence-electron chi connectivity index (χ3n) is 13.4. The molecule has 59 heavy (non-hydrogen) atoms. The Morgan fingerprint density at radius 3 is 2.32 bits per heavy atom. The van der Waals surface area contributed by atoms with Crippen LogP contribution in [0.4, 0.5) is 4.79 Å². The van der Waals surface area contributed by atoms with Crippen LogP contribution in [0.3, 0.4) is 0 Å². The summed E-state index contributed by atoms with van der Waals surface area (Å²) in [5, 5.41) is 12.3. The average Bonchev–Trinajstić information content (AvgIpc) is 3.83. The summed E-state index contributed by atoms with van der Waals surface area (Å²) in [6.07, 6.45) is -4.30. The van der Waals surface area contributed by atoms with E-state index in [1.54, 1.807) is 37.8 Å². The molecular formula is C44H67ClN2O12. The van der Waals surface area contributed by atoms with Gasteiger partial charge in [0.1, 0.15) is 24.1 Å². The van der Waals surface area contributed by atoms with E-state index in [1.165, 1.54) is 7.11 Å². The summed E-state index contributed by atoms with van der Waals surface area (Å²) in [6, 6.07) is 6.22. The predicted octanol–water partition coefficient (Wildman–Crippen LogP) is 5.47. The number of halogens is 1. The SMILES string of the molecule is CC[C@H]1OC(=O)[C@H](C)[C@@H](OC(=O)C2CCOC2)[C@H](C)[C@@H](O[C@@H]2O[C@H](C)C[C@H](N(C)C)[C@H]2O)[C@](C)(OC)C[C@@H](C)C(=O)[C@H](C)[C@H]2N(CCc3ccc(Cl)cc3)C(=O)O[C@]12C. The zero-order valence-corrected chi connectivity index (χ0v) is 37.4. The minimum absolute atomic E-state index is 0.132. The maximum Gasteiger partial charge on any atom is 0.410 e. The fourth-order valence-electron chi connectivity index (χ4n) is 9.91. The second kappa shape index (κ2) is 19.5. The Hall–Kier alpha value is -2.85. The van der Waals surface area contributed by atoms with Crippen molar-refractivity contribution in [2.24, 2.45) is 29.6 Å². The van der Waals surface area contributed by atoms with Crippen LogP contribution in [-0.2, 0) is 54.0 Å². The maximum atomic E-state index is 14.9. The molecule has 15 heteroatoms. The van der Waals surface area contributed by atoms with E-state index < -0.39 is 95.6 Å². The van der Waals surface area contributed by atoms with Crippen molar-refractivity contribution in [3.05, 3.63) is 34.9 Å². The number of fused-ring (bicyclic) bond motifs is 1. The van der Waals surface area contributed by atoms with Crippen molar-refractivity contribution in [3.63, 3.8) is 0 Å². The van der Waals surface area contributed by atoms with Gasteiger partial charge in [-0.15, -0.1) is 0 Å². The first kappa shape index (κ1) is 47.2. The number of Topliss-reactive ketones (excluding diaryl/α,β-unsaturated/α-hetero) is 1. The van der Waals surface area contributed by atoms with Gasteiger partial charge in [0, 0.05) is 49.1 Å². The molecule has 14 nitrogen and oxygen atoms in total. The molecule has 1 aromatic carbocycles. The zero-order valence-electron chi connectivity index (χ0n) is 36.7. The highest BCUT2D eigenvalue weighted by Crippen LogP contribution is 2.44. The summed E-state index contributed by atoms with van der Waals surface area (Å²) in [4.78, 5) is 60.7. The number of rotatable bonds is 10. The van der Waals surface area contributed by atoms with Crippen LogP contribution in [0.1, 0.15) is 86.6 Å². The van der Waals surface area contributed by atoms with Gasteiger partial charge in [0.25, 0.3) is 0 Å². The average molecular weight is 851 g/mol. The van der Waals surface area contributed by atoms with Crippen molar-refractivity contribution in [1.82, 2.24) is 9.80 Å². The van der Waals surface area contributed by atoms with Crippen LogP contribution in [0.15, 0.2) is 24.3 Å². The number of ether oxygens (including phenoxy) is 7. The van der Waals surface area contributed by atoms with Crippen LogP contribution in [0, 0.1) is 29.6 Å². The summed E-state index contributed by atoms with van der Waals surface area (Å²) in [5.74, 6) is -5.15. The zero-order chi connectivity index (χ0) is 43.6. The molecular weight excluding hydrogens is 784 g/mol. The molecule has 4 heterocycles. The summed E-state index contributed by atoms with van der Waals surface area (Å²) in [6.45, 7) is 15.2. The van der Waals surface area contributed by atoms with Crippen LogP contribution in [0.2, 0.25) is 5.02 Å². The van der Waals surface area contributed by atoms with E-state index in [4.69, 9.17) is 44.8 Å². The number of cyclic esters (lactones) is 1. The summed E-state index contributed by atoms with van der Waals surface area (Å²) in [7, 11) is 5.29. The lowest BCUT2D eigenvalue weighted by Gasteiger charge is -2.48. The molecule has 1 aromatic rings. The third kappa shape index (κ3) is 10.1. The van der Waals surface area contributed by atoms with Gasteiger partial charge in [-0.3, -0.25) is 19.3 Å². The van der Waals surface area contributed by atoms with Crippen molar-refractivity contribution in [3.8, 4) is 0 Å². The Balaban J connectivity index is 1.60. The Morgan fingerprint density at radius 2 is 1.73 bits per heavy atom. The van der Waals surface area contributed by atoms with E-state index in [0.717, 1.165) is 5.56 Å². The lowest BCUT2D eigenvalue weighted by Crippen LogP contribution is -2.61. The maximum absolute atomic E-state index is 14.9. The highest BCUT2D eigenvalue weighted by Gasteiger charge is 2.60. The number of ketones is 1. The Kier molecular flexibility index (Phi) is 15.6. The van der Waals surface area contributed by atoms with Crippen LogP contribution >= 0.6 is 11.6 Å². The van der Waals surface area contributed by atoms with E-state index in [2.05, 4.69) is 0 Å². The standard InChI is InChI=1S/C44H67ClN2O12/c1-12-33-44(8)37(47(42(52)59-44)19-17-29-13-15-31(45)16-14-29)26(4)34(48)24(2)22-43(7,53-11)38(58-41-35(49)32(46(9)10)21-25(3)55-41)27(5)36(28(6)39(50)56-33)57-40(51)30-18-20-54-23-30/h13-16,24-28,30,32-33,35-38,41,49H,12,17-23H2,1-11H3/t24-,25-,26+,27+,28-,30?,32+,33-,35-,36+,37-,38-,41+,43-,44-/m1/s1. The quantitative estimate of drug-likeness (QED) is 0.234. The normalized spacial score (nSPS) is 40.0. The molecule has 0 aliphatic carbocycles. The molecule has 0 bridgehead atoms. The van der Waals surface area contributed by atoms with Gasteiger partial charge in [-0.05, 0) is 91.6 Å². The highest BCUT2D eigenvalue weighted by atomic mass is 35.5. The number of benzene rings is 1. The minimum atomic E-state index is -1.43. The summed E-state index contributed by atoms with van der Waals surface area (Å²) >= 11 is 6.14. The molecule has 1 N–H and O–H groups in total. The van der Waals surface area contributed by atoms with Crippen molar-refractivity contribution < 1.29 is 57.4 Å². The Morgan fingerprint density at radius 1 is 1.05 bits per heavy atom. The molecule has 15 atom stereocenters. The number of methoxy groups -OCH3 is 1. The molecule has 1 unspecified atom stereocenters. The highest BCUT2D eigenvalue weighted by molar-refractivity contribution is 6.30. The van der Waals surface area contributed by atoms with E-state index >= 15 is 0 Å². The minimum Gasteiger partial charge on any atom is -0.461 e. The molecule has 5 rings (SSSR count). The molecule has 0 radical (unpaired) electrons. The van der Waals surface area contributed by atoms with Crippen molar-refractivity contribution >= 4 is 35.4 Å². The van der Waals surface area contributed by atoms with Gasteiger partial charge in [-0.1, -0.05) is 51.4 Å². The number of aliphatic hydroxyl groups excluding tert-OH is 1. The first-order valence-electron chi connectivity index (χ1n) is 21.2. The number of nitrogens with zero attached hydrogens (tertiary/aromatic N) is 2. The number of carbonyl (C=O) groups excluding carboxylic acids is 4. The van der Waals surface area contributed by atoms with Gasteiger partial charge < -0.3 is 43.2 Å². The molecule has 332 valence electrons. The summed E-state index contributed by atoms with van der Waals surface area (Å²) < 4.78 is 43.9. The molecule has 4 aliphatic rings. The predicted molar refractivity (Wildman–Crippen MR) is 219 cm³/mol. The number of hydrogen-bond acceptors (Lipinski definition) is 13. The third-order valence-corrected chi connectivity index (χ3v) is 13.7. The van der Waals surface area contributed by atoms with Crippen LogP contribution in [-0.4, -0.2) is 140 Å². The monoisotopic (exact) mass is 850 g/mol. The molecule has 4 saturated heterocycles. The fraction of sp³-hybridized carbons (Fsp3) is 0.773. The van der Waals surface area contributed by atoms with Crippen molar-refractivity contribution in [2.75, 3.05) is 41.0 Å². The van der Waals surface area contributed by atoms with Gasteiger partial charge in [-0.2, -0.15) is 0 Å². The second-order valence-electron chi connectivity index (χ2n) is 18.0. The Labute approximate surface area is 354 Å². The van der Waals surface area contributed by atoms with Gasteiger partial charge in [-0.25, -0.2) is 4.79 Å². The first-order chi connectivity index (χ1) is 27.8. The van der Waals surface area contributed by atoms with Crippen LogP contribution < -0.4 is 0 Å². The van der Waals surface area contributed by atoms with Gasteiger partial charge in [0.2, 0.25) is 0 Å². The molecule has 1 amide bonds. The number of hydrogen-bond donors (Lipinski definition) is 1. The van der Waals surface area contributed by atoms with E-state index in [9.17, 15) is 24.3 Å². The first-order valence-corrected chi connectivity index (χ1v) is 21.6. The van der Waals surface area contributed by atoms with E-state index in [0.29, 0.717) is 30.9 Å². The lowest BCUT2D eigenvalue weighted by molar-refractivity contribution is -0.301. The van der Waals surface area contributed by atoms with Gasteiger partial charge in [0.05, 0.1) is 42.3 Å². The van der Waals surface area contributed by atoms with Gasteiger partial charge >= 0.3 is 18.0 Å². The fourth-order valence-corrected chi connectivity index (χ4v) is 10.0. The van der Waals surface area contributed by atoms with Crippen LogP contribution in [0.25, 0.3) is 0 Å². The summed E-state index contributed by atoms with van der Waals surface area (Å²) in [5.41, 5.74) is -1.76. The molecule has 0 saturated carbocycles. The number of amides is 1. The largest absolute Gasteiger partial charge is 0.461 e.